The minimum Gasteiger partial charge on any atom is -0.475 e. The lowest BCUT2D eigenvalue weighted by Gasteiger charge is -2.26. The molecule has 252 valence electrons. The van der Waals surface area contributed by atoms with Crippen LogP contribution in [-0.2, 0) is 40.0 Å². The van der Waals surface area contributed by atoms with E-state index in [0.717, 1.165) is 0 Å². The Morgan fingerprint density at radius 2 is 1.62 bits per heavy atom. The largest absolute Gasteiger partial charge is 0.490 e. The van der Waals surface area contributed by atoms with Crippen LogP contribution in [0, 0.1) is 5.92 Å². The Kier molecular flexibility index (Phi) is 15.7. The molecule has 5 atom stereocenters. The number of carboxylic acid groups (broad SMARTS) is 1. The van der Waals surface area contributed by atoms with Crippen LogP contribution in [0.2, 0.25) is 0 Å². The van der Waals surface area contributed by atoms with Crippen LogP contribution in [0.25, 0.3) is 0 Å². The summed E-state index contributed by atoms with van der Waals surface area (Å²) in [5.41, 5.74) is 6.02. The predicted octanol–water partition coefficient (Wildman–Crippen LogP) is -1.41. The maximum atomic E-state index is 13.1. The summed E-state index contributed by atoms with van der Waals surface area (Å²) in [6.07, 6.45) is -2.12. The lowest BCUT2D eigenvalue weighted by molar-refractivity contribution is -0.192. The van der Waals surface area contributed by atoms with E-state index in [2.05, 4.69) is 36.6 Å². The minimum absolute atomic E-state index is 0.0396. The molecule has 0 spiro atoms. The molecule has 1 aromatic heterocycles. The first-order chi connectivity index (χ1) is 20.8. The number of nitrogens with zero attached hydrogens (tertiary/aromatic N) is 1. The van der Waals surface area contributed by atoms with Gasteiger partial charge in [0.05, 0.1) is 6.33 Å². The van der Waals surface area contributed by atoms with E-state index >= 15 is 0 Å². The number of rotatable bonds is 5. The first-order valence-corrected chi connectivity index (χ1v) is 15.6. The smallest absolute Gasteiger partial charge is 0.475 e. The number of hydrogen-bond acceptors (Lipinski definition) is 10. The molecule has 1 aliphatic heterocycles. The molecule has 1 saturated heterocycles. The number of carbonyl (C=O) groups excluding carboxylic acids is 6. The second-order valence-corrected chi connectivity index (χ2v) is 12.4. The Morgan fingerprint density at radius 3 is 2.11 bits per heavy atom. The molecular formula is C24H35F3N8O8S2. The molecule has 1 fully saturated rings. The van der Waals surface area contributed by atoms with Crippen LogP contribution in [0.15, 0.2) is 12.5 Å². The summed E-state index contributed by atoms with van der Waals surface area (Å²) in [5, 5.41) is 20.0. The molecular weight excluding hydrogens is 649 g/mol. The zero-order valence-electron chi connectivity index (χ0n) is 24.5. The van der Waals surface area contributed by atoms with Gasteiger partial charge in [-0.15, -0.1) is 0 Å². The Balaban J connectivity index is 0.00000129. The Hall–Kier alpha value is -4.01. The molecule has 9 N–H and O–H groups in total. The van der Waals surface area contributed by atoms with Crippen molar-refractivity contribution in [3.05, 3.63) is 18.2 Å². The van der Waals surface area contributed by atoms with Crippen molar-refractivity contribution < 1.29 is 51.8 Å². The number of hydrogen-bond donors (Lipinski definition) is 8. The number of nitrogens with two attached hydrogens (primary N) is 1. The van der Waals surface area contributed by atoms with Gasteiger partial charge in [-0.05, 0) is 12.8 Å². The van der Waals surface area contributed by atoms with E-state index in [1.807, 2.05) is 0 Å². The number of nitrogens with one attached hydrogen (secondary N) is 6. The van der Waals surface area contributed by atoms with Gasteiger partial charge < -0.3 is 42.4 Å². The Bertz CT molecular complexity index is 1220. The van der Waals surface area contributed by atoms with Gasteiger partial charge in [0.2, 0.25) is 35.4 Å². The number of amides is 6. The van der Waals surface area contributed by atoms with Crippen molar-refractivity contribution in [1.29, 1.82) is 0 Å². The molecule has 2 rings (SSSR count). The summed E-state index contributed by atoms with van der Waals surface area (Å²) < 4.78 is 31.7. The molecule has 0 aromatic carbocycles. The number of halogens is 3. The number of aromatic amines is 1. The quantitative estimate of drug-likeness (QED) is 0.167. The molecule has 0 bridgehead atoms. The first kappa shape index (κ1) is 39.0. The molecule has 2 heterocycles. The molecule has 0 saturated carbocycles. The highest BCUT2D eigenvalue weighted by Gasteiger charge is 2.38. The third-order valence-corrected chi connectivity index (χ3v) is 8.18. The molecule has 0 radical (unpaired) electrons. The normalized spacial score (nSPS) is 24.0. The van der Waals surface area contributed by atoms with E-state index in [1.54, 1.807) is 13.8 Å². The van der Waals surface area contributed by atoms with Crippen molar-refractivity contribution in [3.63, 3.8) is 0 Å². The van der Waals surface area contributed by atoms with Gasteiger partial charge in [-0.3, -0.25) is 28.8 Å². The monoisotopic (exact) mass is 684 g/mol. The van der Waals surface area contributed by atoms with Crippen LogP contribution < -0.4 is 32.3 Å². The summed E-state index contributed by atoms with van der Waals surface area (Å²) in [7, 11) is 2.35. The summed E-state index contributed by atoms with van der Waals surface area (Å²) >= 11 is 0. The van der Waals surface area contributed by atoms with E-state index in [9.17, 15) is 41.9 Å². The van der Waals surface area contributed by atoms with Gasteiger partial charge in [0, 0.05) is 36.7 Å². The summed E-state index contributed by atoms with van der Waals surface area (Å²) in [5.74, 6) is -6.65. The van der Waals surface area contributed by atoms with Crippen LogP contribution >= 0.6 is 21.6 Å². The highest BCUT2D eigenvalue weighted by molar-refractivity contribution is 8.76. The molecule has 6 amide bonds. The van der Waals surface area contributed by atoms with Crippen LogP contribution in [-0.4, -0.2) is 104 Å². The maximum Gasteiger partial charge on any atom is 0.490 e. The number of primary amides is 1. The number of aromatic nitrogens is 2. The van der Waals surface area contributed by atoms with Crippen molar-refractivity contribution >= 4 is 63.0 Å². The zero-order valence-corrected chi connectivity index (χ0v) is 26.2. The van der Waals surface area contributed by atoms with Gasteiger partial charge in [0.1, 0.15) is 30.2 Å². The number of imidazole rings is 1. The number of alkyl halides is 3. The molecule has 16 nitrogen and oxygen atoms in total. The molecule has 5 unspecified atom stereocenters. The van der Waals surface area contributed by atoms with Crippen molar-refractivity contribution in [2.24, 2.45) is 11.7 Å². The van der Waals surface area contributed by atoms with E-state index in [0.29, 0.717) is 5.69 Å². The van der Waals surface area contributed by atoms with Crippen molar-refractivity contribution in [3.8, 4) is 0 Å². The molecule has 1 aromatic rings. The van der Waals surface area contributed by atoms with Crippen molar-refractivity contribution in [2.45, 2.75) is 70.5 Å². The summed E-state index contributed by atoms with van der Waals surface area (Å²) in [4.78, 5) is 91.5. The lowest BCUT2D eigenvalue weighted by atomic mass is 10.0. The van der Waals surface area contributed by atoms with Gasteiger partial charge in [0.25, 0.3) is 0 Å². The first-order valence-electron chi connectivity index (χ1n) is 13.1. The molecule has 45 heavy (non-hydrogen) atoms. The van der Waals surface area contributed by atoms with E-state index in [4.69, 9.17) is 15.6 Å². The van der Waals surface area contributed by atoms with Crippen LogP contribution in [0.5, 0.6) is 0 Å². The molecule has 21 heteroatoms. The standard InChI is InChI=1S/C22H34N8O6S2.C2HF3O2/c1-10(2)17-22(36)29-15(18(23)32)7-37-38-8-16(27-12(4)31)21(35)28-14(5-13-6-24-9-25-13)20(34)26-11(3)19(33)30-17;3-2(4,5)1(6)7/h6,9-11,14-17H,5,7-8H2,1-4H3,(H2,23,32)(H,24,25)(H,26,34)(H,27,31)(H,28,35)(H,29,36)(H,30,33);(H,6,7). The average molecular weight is 685 g/mol. The third-order valence-electron chi connectivity index (χ3n) is 5.76. The van der Waals surface area contributed by atoms with Gasteiger partial charge in [-0.1, -0.05) is 35.4 Å². The number of carbonyl (C=O) groups is 7. The number of carboxylic acids is 1. The fourth-order valence-corrected chi connectivity index (χ4v) is 5.75. The number of H-pyrrole nitrogens is 1. The summed E-state index contributed by atoms with van der Waals surface area (Å²) in [6, 6.07) is -5.23. The second-order valence-electron chi connectivity index (χ2n) is 9.89. The average Bonchev–Trinajstić information content (AvgIpc) is 3.43. The van der Waals surface area contributed by atoms with E-state index in [1.165, 1.54) is 48.0 Å². The Labute approximate surface area is 263 Å². The SMILES string of the molecule is CC(=O)NC1CSSCC(C(N)=O)NC(=O)C(C(C)C)NC(=O)C(C)NC(=O)C(Cc2cnc[nH]2)NC1=O.O=C(O)C(F)(F)F. The van der Waals surface area contributed by atoms with E-state index in [-0.39, 0.29) is 23.8 Å². The molecule has 1 aliphatic rings. The fraction of sp³-hybridized carbons (Fsp3) is 0.583. The van der Waals surface area contributed by atoms with Crippen molar-refractivity contribution in [2.75, 3.05) is 11.5 Å². The zero-order chi connectivity index (χ0) is 34.5. The van der Waals surface area contributed by atoms with Gasteiger partial charge in [-0.2, -0.15) is 13.2 Å². The van der Waals surface area contributed by atoms with Crippen LogP contribution in [0.4, 0.5) is 13.2 Å². The lowest BCUT2D eigenvalue weighted by Crippen LogP contribution is -2.59. The summed E-state index contributed by atoms with van der Waals surface area (Å²) in [6.45, 7) is 6.13. The highest BCUT2D eigenvalue weighted by atomic mass is 33.1. The fourth-order valence-electron chi connectivity index (χ4n) is 3.41. The predicted molar refractivity (Wildman–Crippen MR) is 156 cm³/mol. The van der Waals surface area contributed by atoms with Gasteiger partial charge >= 0.3 is 12.1 Å². The van der Waals surface area contributed by atoms with Crippen LogP contribution in [0.1, 0.15) is 33.4 Å². The van der Waals surface area contributed by atoms with Gasteiger partial charge in [-0.25, -0.2) is 9.78 Å². The second kappa shape index (κ2) is 18.1. The Morgan fingerprint density at radius 1 is 1.02 bits per heavy atom. The van der Waals surface area contributed by atoms with Gasteiger partial charge in [0.15, 0.2) is 0 Å². The topological polar surface area (TPSA) is 255 Å². The van der Waals surface area contributed by atoms with Crippen molar-refractivity contribution in [1.82, 2.24) is 36.6 Å². The minimum atomic E-state index is -5.08. The van der Waals surface area contributed by atoms with Crippen LogP contribution in [0.3, 0.4) is 0 Å². The molecule has 0 aliphatic carbocycles. The highest BCUT2D eigenvalue weighted by Crippen LogP contribution is 2.23. The van der Waals surface area contributed by atoms with E-state index < -0.39 is 77.8 Å². The number of aliphatic carboxylic acids is 1. The third kappa shape index (κ3) is 14.1. The maximum absolute atomic E-state index is 13.1.